The number of hydrogen-bond acceptors (Lipinski definition) is 3. The molecule has 1 amide bonds. The van der Waals surface area contributed by atoms with Crippen LogP contribution in [0.4, 0.5) is 5.69 Å². The minimum atomic E-state index is -3.40. The maximum Gasteiger partial charge on any atom is 0.243 e. The molecule has 0 unspecified atom stereocenters. The van der Waals surface area contributed by atoms with Crippen LogP contribution in [-0.2, 0) is 21.2 Å². The van der Waals surface area contributed by atoms with Crippen LogP contribution in [-0.4, -0.2) is 31.7 Å². The summed E-state index contributed by atoms with van der Waals surface area (Å²) >= 11 is 11.8. The van der Waals surface area contributed by atoms with Gasteiger partial charge in [-0.05, 0) is 55.2 Å². The molecule has 0 aromatic heterocycles. The van der Waals surface area contributed by atoms with Crippen molar-refractivity contribution < 1.29 is 13.2 Å². The molecule has 1 N–H and O–H groups in total. The van der Waals surface area contributed by atoms with Crippen molar-refractivity contribution >= 4 is 44.8 Å². The maximum absolute atomic E-state index is 12.5. The Bertz CT molecular complexity index is 924. The van der Waals surface area contributed by atoms with Gasteiger partial charge in [0.05, 0.1) is 14.9 Å². The summed E-state index contributed by atoms with van der Waals surface area (Å²) < 4.78 is 26.5. The Hall–Kier alpha value is -1.60. The summed E-state index contributed by atoms with van der Waals surface area (Å²) in [4.78, 5) is 12.4. The van der Waals surface area contributed by atoms with Crippen molar-refractivity contribution in [3.05, 3.63) is 58.1 Å². The molecule has 144 valence electrons. The van der Waals surface area contributed by atoms with Gasteiger partial charge in [0, 0.05) is 25.2 Å². The maximum atomic E-state index is 12.5. The highest BCUT2D eigenvalue weighted by molar-refractivity contribution is 7.89. The van der Waals surface area contributed by atoms with Gasteiger partial charge in [0.2, 0.25) is 15.9 Å². The van der Waals surface area contributed by atoms with Gasteiger partial charge >= 0.3 is 0 Å². The number of anilines is 1. The van der Waals surface area contributed by atoms with Crippen molar-refractivity contribution in [3.8, 4) is 0 Å². The van der Waals surface area contributed by atoms with E-state index < -0.39 is 10.0 Å². The van der Waals surface area contributed by atoms with Gasteiger partial charge in [-0.15, -0.1) is 0 Å². The third-order valence-corrected chi connectivity index (χ3v) is 7.12. The van der Waals surface area contributed by atoms with Crippen LogP contribution in [0.25, 0.3) is 0 Å². The molecule has 1 saturated heterocycles. The summed E-state index contributed by atoms with van der Waals surface area (Å²) in [5, 5.41) is 3.58. The summed E-state index contributed by atoms with van der Waals surface area (Å²) in [7, 11) is -3.40. The van der Waals surface area contributed by atoms with Crippen LogP contribution in [0.15, 0.2) is 47.4 Å². The van der Waals surface area contributed by atoms with E-state index in [4.69, 9.17) is 23.2 Å². The molecule has 8 heteroatoms. The molecular weight excluding hydrogens is 407 g/mol. The quantitative estimate of drug-likeness (QED) is 0.746. The summed E-state index contributed by atoms with van der Waals surface area (Å²) in [5.74, 6) is -0.151. The minimum absolute atomic E-state index is 0.151. The molecule has 0 saturated carbocycles. The summed E-state index contributed by atoms with van der Waals surface area (Å²) in [6, 6.07) is 11.6. The number of nitrogens with zero attached hydrogens (tertiary/aromatic N) is 1. The van der Waals surface area contributed by atoms with E-state index in [1.54, 1.807) is 42.5 Å². The number of halogens is 2. The van der Waals surface area contributed by atoms with Crippen molar-refractivity contribution in [1.82, 2.24) is 4.31 Å². The monoisotopic (exact) mass is 426 g/mol. The van der Waals surface area contributed by atoms with E-state index >= 15 is 0 Å². The van der Waals surface area contributed by atoms with E-state index in [0.717, 1.165) is 18.4 Å². The fourth-order valence-electron chi connectivity index (χ4n) is 2.96. The number of nitrogens with one attached hydrogen (secondary N) is 1. The third-order valence-electron chi connectivity index (χ3n) is 4.47. The van der Waals surface area contributed by atoms with Crippen LogP contribution in [0.1, 0.15) is 24.8 Å². The number of amides is 1. The molecule has 0 spiro atoms. The Morgan fingerprint density at radius 3 is 2.30 bits per heavy atom. The van der Waals surface area contributed by atoms with Gasteiger partial charge in [0.1, 0.15) is 0 Å². The number of carbonyl (C=O) groups is 1. The molecule has 0 aliphatic carbocycles. The molecule has 0 radical (unpaired) electrons. The minimum Gasteiger partial charge on any atom is -0.326 e. The van der Waals surface area contributed by atoms with Crippen LogP contribution in [0.5, 0.6) is 0 Å². The second kappa shape index (κ2) is 8.61. The molecule has 1 aliphatic heterocycles. The van der Waals surface area contributed by atoms with E-state index in [1.165, 1.54) is 4.31 Å². The van der Waals surface area contributed by atoms with E-state index in [-0.39, 0.29) is 12.3 Å². The lowest BCUT2D eigenvalue weighted by molar-refractivity contribution is -0.116. The molecule has 0 bridgehead atoms. The van der Waals surface area contributed by atoms with Crippen molar-refractivity contribution in [2.24, 2.45) is 0 Å². The average molecular weight is 427 g/mol. The smallest absolute Gasteiger partial charge is 0.243 e. The Morgan fingerprint density at radius 1 is 1.00 bits per heavy atom. The Kier molecular flexibility index (Phi) is 6.42. The summed E-state index contributed by atoms with van der Waals surface area (Å²) in [6.45, 7) is 1.16. The molecule has 0 atom stereocenters. The highest BCUT2D eigenvalue weighted by atomic mass is 35.5. The highest BCUT2D eigenvalue weighted by Gasteiger charge is 2.26. The zero-order valence-corrected chi connectivity index (χ0v) is 16.9. The normalized spacial score (nSPS) is 15.0. The molecule has 1 aliphatic rings. The lowest BCUT2D eigenvalue weighted by atomic mass is 10.1. The fourth-order valence-corrected chi connectivity index (χ4v) is 4.78. The second-order valence-corrected chi connectivity index (χ2v) is 9.18. The number of sulfonamides is 1. The van der Waals surface area contributed by atoms with Gasteiger partial charge < -0.3 is 5.32 Å². The zero-order valence-electron chi connectivity index (χ0n) is 14.6. The molecule has 3 rings (SSSR count). The largest absolute Gasteiger partial charge is 0.326 e. The SMILES string of the molecule is O=C(CCc1ccc(S(=O)(=O)N2CCCC2)cc1)Nc1ccc(Cl)c(Cl)c1. The topological polar surface area (TPSA) is 66.5 Å². The van der Waals surface area contributed by atoms with Crippen LogP contribution in [0.2, 0.25) is 10.0 Å². The number of benzene rings is 2. The van der Waals surface area contributed by atoms with Crippen LogP contribution < -0.4 is 5.32 Å². The van der Waals surface area contributed by atoms with Crippen LogP contribution in [0, 0.1) is 0 Å². The van der Waals surface area contributed by atoms with E-state index in [2.05, 4.69) is 5.32 Å². The number of aryl methyl sites for hydroxylation is 1. The second-order valence-electron chi connectivity index (χ2n) is 6.43. The predicted molar refractivity (Wildman–Crippen MR) is 108 cm³/mol. The van der Waals surface area contributed by atoms with Crippen LogP contribution >= 0.6 is 23.2 Å². The van der Waals surface area contributed by atoms with E-state index in [0.29, 0.717) is 40.1 Å². The Balaban J connectivity index is 1.56. The molecule has 2 aromatic carbocycles. The first-order valence-corrected chi connectivity index (χ1v) is 10.9. The van der Waals surface area contributed by atoms with Crippen molar-refractivity contribution in [2.45, 2.75) is 30.6 Å². The first-order chi connectivity index (χ1) is 12.9. The Labute approximate surface area is 169 Å². The molecule has 1 heterocycles. The van der Waals surface area contributed by atoms with Crippen LogP contribution in [0.3, 0.4) is 0 Å². The van der Waals surface area contributed by atoms with E-state index in [9.17, 15) is 13.2 Å². The number of hydrogen-bond donors (Lipinski definition) is 1. The highest BCUT2D eigenvalue weighted by Crippen LogP contribution is 2.25. The fraction of sp³-hybridized carbons (Fsp3) is 0.316. The standard InChI is InChI=1S/C19H20Cl2N2O3S/c20-17-9-6-15(13-18(17)21)22-19(24)10-5-14-3-7-16(8-4-14)27(25,26)23-11-1-2-12-23/h3-4,6-9,13H,1-2,5,10-12H2,(H,22,24). The summed E-state index contributed by atoms with van der Waals surface area (Å²) in [5.41, 5.74) is 1.49. The van der Waals surface area contributed by atoms with E-state index in [1.807, 2.05) is 0 Å². The van der Waals surface area contributed by atoms with Gasteiger partial charge in [0.15, 0.2) is 0 Å². The predicted octanol–water partition coefficient (Wildman–Crippen LogP) is 4.35. The first kappa shape index (κ1) is 20.1. The molecule has 5 nitrogen and oxygen atoms in total. The number of rotatable bonds is 6. The van der Waals surface area contributed by atoms with Crippen molar-refractivity contribution in [2.75, 3.05) is 18.4 Å². The molecule has 27 heavy (non-hydrogen) atoms. The average Bonchev–Trinajstić information content (AvgIpc) is 3.19. The first-order valence-electron chi connectivity index (χ1n) is 8.70. The summed E-state index contributed by atoms with van der Waals surface area (Å²) in [6.07, 6.45) is 2.60. The van der Waals surface area contributed by atoms with Gasteiger partial charge in [-0.2, -0.15) is 4.31 Å². The van der Waals surface area contributed by atoms with Crippen molar-refractivity contribution in [1.29, 1.82) is 0 Å². The van der Waals surface area contributed by atoms with Gasteiger partial charge in [0.25, 0.3) is 0 Å². The zero-order chi connectivity index (χ0) is 19.4. The third kappa shape index (κ3) is 5.02. The Morgan fingerprint density at radius 2 is 1.67 bits per heavy atom. The molecule has 1 fully saturated rings. The molecular formula is C19H20Cl2N2O3S. The van der Waals surface area contributed by atoms with Gasteiger partial charge in [-0.3, -0.25) is 4.79 Å². The lowest BCUT2D eigenvalue weighted by Crippen LogP contribution is -2.27. The van der Waals surface area contributed by atoms with Gasteiger partial charge in [-0.1, -0.05) is 35.3 Å². The molecule has 2 aromatic rings. The lowest BCUT2D eigenvalue weighted by Gasteiger charge is -2.15. The van der Waals surface area contributed by atoms with Crippen molar-refractivity contribution in [3.63, 3.8) is 0 Å². The number of carbonyl (C=O) groups excluding carboxylic acids is 1. The van der Waals surface area contributed by atoms with Gasteiger partial charge in [-0.25, -0.2) is 8.42 Å².